The van der Waals surface area contributed by atoms with Gasteiger partial charge in [-0.15, -0.1) is 5.06 Å². The molecule has 0 radical (unpaired) electrons. The molecule has 2 fully saturated rings. The third kappa shape index (κ3) is 4.61. The Balaban J connectivity index is 0.000000240. The molecular weight excluding hydrogens is 324 g/mol. The maximum absolute atomic E-state index is 11.0. The topological polar surface area (TPSA) is 138 Å². The number of carbonyl (C=O) groups is 6. The molecule has 0 aromatic rings. The van der Waals surface area contributed by atoms with Gasteiger partial charge in [0, 0.05) is 32.1 Å². The normalized spacial score (nSPS) is 18.4. The van der Waals surface area contributed by atoms with Crippen LogP contribution in [0, 0.1) is 0 Å². The molecule has 10 nitrogen and oxygen atoms in total. The largest absolute Gasteiger partial charge is 0.480 e. The van der Waals surface area contributed by atoms with E-state index in [0.29, 0.717) is 5.06 Å². The number of hydrogen-bond donors (Lipinski definition) is 1. The van der Waals surface area contributed by atoms with Gasteiger partial charge in [-0.05, 0) is 6.92 Å². The van der Waals surface area contributed by atoms with Gasteiger partial charge >= 0.3 is 11.9 Å². The molecule has 0 aromatic heterocycles. The van der Waals surface area contributed by atoms with Crippen LogP contribution in [-0.2, 0) is 33.6 Å². The second-order valence-corrected chi connectivity index (χ2v) is 5.07. The van der Waals surface area contributed by atoms with Crippen LogP contribution in [0.4, 0.5) is 0 Å². The minimum absolute atomic E-state index is 0.135. The first kappa shape index (κ1) is 19.3. The van der Waals surface area contributed by atoms with E-state index in [1.807, 2.05) is 0 Å². The molecular formula is C14H18N2O8. The Bertz CT molecular complexity index is 551. The van der Waals surface area contributed by atoms with E-state index in [1.165, 1.54) is 6.92 Å². The van der Waals surface area contributed by atoms with E-state index in [9.17, 15) is 28.8 Å². The number of carboxylic acid groups (broad SMARTS) is 1. The Labute approximate surface area is 137 Å². The van der Waals surface area contributed by atoms with Crippen molar-refractivity contribution < 1.29 is 38.7 Å². The Hall–Kier alpha value is -2.78. The van der Waals surface area contributed by atoms with Crippen molar-refractivity contribution >= 4 is 35.6 Å². The monoisotopic (exact) mass is 342 g/mol. The van der Waals surface area contributed by atoms with Crippen LogP contribution in [-0.4, -0.2) is 56.7 Å². The van der Waals surface area contributed by atoms with Gasteiger partial charge in [0.2, 0.25) is 11.8 Å². The minimum Gasteiger partial charge on any atom is -0.480 e. The molecule has 1 N–H and O–H groups in total. The average molecular weight is 342 g/mol. The Morgan fingerprint density at radius 3 is 1.79 bits per heavy atom. The van der Waals surface area contributed by atoms with Crippen molar-refractivity contribution in [3.8, 4) is 0 Å². The number of nitrogens with zero attached hydrogens (tertiary/aromatic N) is 2. The highest BCUT2D eigenvalue weighted by Gasteiger charge is 2.36. The van der Waals surface area contributed by atoms with E-state index in [-0.39, 0.29) is 32.1 Å². The lowest BCUT2D eigenvalue weighted by atomic mass is 10.3. The van der Waals surface area contributed by atoms with Gasteiger partial charge in [0.1, 0.15) is 6.04 Å². The predicted octanol–water partition coefficient (Wildman–Crippen LogP) is -0.388. The smallest absolute Gasteiger partial charge is 0.332 e. The number of imide groups is 2. The number of aliphatic carboxylic acids is 1. The minimum atomic E-state index is -1.15. The van der Waals surface area contributed by atoms with Gasteiger partial charge in [-0.25, -0.2) is 9.59 Å². The first-order chi connectivity index (χ1) is 11.2. The lowest BCUT2D eigenvalue weighted by Crippen LogP contribution is -2.42. The molecule has 0 spiro atoms. The summed E-state index contributed by atoms with van der Waals surface area (Å²) in [6.45, 7) is 2.91. The second kappa shape index (κ2) is 8.18. The molecule has 10 heteroatoms. The number of carboxylic acids is 1. The summed E-state index contributed by atoms with van der Waals surface area (Å²) in [4.78, 5) is 70.1. The molecule has 0 aromatic carbocycles. The molecule has 0 bridgehead atoms. The van der Waals surface area contributed by atoms with Crippen LogP contribution in [0.15, 0.2) is 0 Å². The van der Waals surface area contributed by atoms with Crippen molar-refractivity contribution in [2.75, 3.05) is 0 Å². The van der Waals surface area contributed by atoms with Crippen LogP contribution in [0.2, 0.25) is 0 Å². The molecule has 1 unspecified atom stereocenters. The number of hydrogen-bond acceptors (Lipinski definition) is 7. The lowest BCUT2D eigenvalue weighted by Gasteiger charge is -2.17. The van der Waals surface area contributed by atoms with Crippen LogP contribution < -0.4 is 0 Å². The fourth-order valence-corrected chi connectivity index (χ4v) is 1.96. The zero-order chi connectivity index (χ0) is 18.4. The van der Waals surface area contributed by atoms with Crippen molar-refractivity contribution in [2.45, 2.75) is 52.0 Å². The van der Waals surface area contributed by atoms with E-state index >= 15 is 0 Å². The Kier molecular flexibility index (Phi) is 6.57. The van der Waals surface area contributed by atoms with E-state index < -0.39 is 41.6 Å². The molecule has 0 saturated carbocycles. The third-order valence-electron chi connectivity index (χ3n) is 3.32. The first-order valence-electron chi connectivity index (χ1n) is 7.33. The summed E-state index contributed by atoms with van der Waals surface area (Å²) in [5, 5.41) is 9.08. The van der Waals surface area contributed by atoms with Crippen molar-refractivity contribution in [3.05, 3.63) is 0 Å². The molecule has 2 rings (SSSR count). The lowest BCUT2D eigenvalue weighted by molar-refractivity contribution is -0.197. The third-order valence-corrected chi connectivity index (χ3v) is 3.32. The fourth-order valence-electron chi connectivity index (χ4n) is 1.96. The first-order valence-corrected chi connectivity index (χ1v) is 7.33. The number of rotatable bonds is 4. The van der Waals surface area contributed by atoms with Crippen LogP contribution in [0.1, 0.15) is 46.0 Å². The highest BCUT2D eigenvalue weighted by Crippen LogP contribution is 2.15. The number of amides is 4. The zero-order valence-corrected chi connectivity index (χ0v) is 13.3. The van der Waals surface area contributed by atoms with Gasteiger partial charge in [0.15, 0.2) is 0 Å². The predicted molar refractivity (Wildman–Crippen MR) is 75.7 cm³/mol. The van der Waals surface area contributed by atoms with Crippen LogP contribution in [0.25, 0.3) is 0 Å². The average Bonchev–Trinajstić information content (AvgIpc) is 3.03. The fraction of sp³-hybridized carbons (Fsp3) is 0.571. The summed E-state index contributed by atoms with van der Waals surface area (Å²) >= 11 is 0. The maximum atomic E-state index is 11.0. The number of likely N-dealkylation sites (tertiary alicyclic amines) is 1. The van der Waals surface area contributed by atoms with E-state index in [0.717, 1.165) is 4.90 Å². The summed E-state index contributed by atoms with van der Waals surface area (Å²) in [7, 11) is 0. The van der Waals surface area contributed by atoms with Gasteiger partial charge in [0.25, 0.3) is 11.8 Å². The van der Waals surface area contributed by atoms with E-state index in [1.54, 1.807) is 6.92 Å². The Morgan fingerprint density at radius 2 is 1.42 bits per heavy atom. The molecule has 24 heavy (non-hydrogen) atoms. The number of carbonyl (C=O) groups excluding carboxylic acids is 5. The number of hydroxylamine groups is 2. The van der Waals surface area contributed by atoms with Crippen molar-refractivity contribution in [3.63, 3.8) is 0 Å². The van der Waals surface area contributed by atoms with Gasteiger partial charge < -0.3 is 9.94 Å². The summed E-state index contributed by atoms with van der Waals surface area (Å²) < 4.78 is 0. The molecule has 2 saturated heterocycles. The summed E-state index contributed by atoms with van der Waals surface area (Å²) in [6, 6.07) is -1.03. The van der Waals surface area contributed by atoms with Gasteiger partial charge in [-0.1, -0.05) is 6.92 Å². The van der Waals surface area contributed by atoms with Crippen LogP contribution in [0.3, 0.4) is 0 Å². The molecule has 2 heterocycles. The second-order valence-electron chi connectivity index (χ2n) is 5.07. The van der Waals surface area contributed by atoms with Crippen molar-refractivity contribution in [2.24, 2.45) is 0 Å². The van der Waals surface area contributed by atoms with Gasteiger partial charge in [0.05, 0.1) is 0 Å². The molecule has 1 atom stereocenters. The quantitative estimate of drug-likeness (QED) is 0.682. The van der Waals surface area contributed by atoms with Crippen LogP contribution >= 0.6 is 0 Å². The summed E-state index contributed by atoms with van der Waals surface area (Å²) in [6.07, 6.45) is 0.690. The van der Waals surface area contributed by atoms with Crippen LogP contribution in [0.5, 0.6) is 0 Å². The maximum Gasteiger partial charge on any atom is 0.332 e. The highest BCUT2D eigenvalue weighted by molar-refractivity contribution is 6.04. The Morgan fingerprint density at radius 1 is 1.00 bits per heavy atom. The molecule has 2 aliphatic rings. The van der Waals surface area contributed by atoms with E-state index in [4.69, 9.17) is 5.11 Å². The SMILES string of the molecule is CC(C(=O)O)N1C(=O)CCC1=O.CCC(=O)ON1C(=O)CCC1=O. The standard InChI is InChI=1S/2C7H9NO4/c1-4(7(11)12)8-5(9)2-3-6(8)10;1-2-7(11)12-8-5(9)3-4-6(8)10/h4H,2-3H2,1H3,(H,11,12);2-4H2,1H3. The molecule has 2 aliphatic heterocycles. The molecule has 4 amide bonds. The van der Waals surface area contributed by atoms with Crippen molar-refractivity contribution in [1.29, 1.82) is 0 Å². The van der Waals surface area contributed by atoms with Crippen molar-refractivity contribution in [1.82, 2.24) is 9.96 Å². The highest BCUT2D eigenvalue weighted by atomic mass is 16.7. The molecule has 0 aliphatic carbocycles. The summed E-state index contributed by atoms with van der Waals surface area (Å²) in [5.74, 6) is -3.40. The van der Waals surface area contributed by atoms with Gasteiger partial charge in [-0.2, -0.15) is 0 Å². The zero-order valence-electron chi connectivity index (χ0n) is 13.3. The van der Waals surface area contributed by atoms with Gasteiger partial charge in [-0.3, -0.25) is 24.1 Å². The molecule has 132 valence electrons. The summed E-state index contributed by atoms with van der Waals surface area (Å²) in [5.41, 5.74) is 0. The van der Waals surface area contributed by atoms with E-state index in [2.05, 4.69) is 4.84 Å².